The minimum atomic E-state index is -0.293. The van der Waals surface area contributed by atoms with Gasteiger partial charge in [0.25, 0.3) is 0 Å². The Morgan fingerprint density at radius 3 is 2.08 bits per heavy atom. The highest BCUT2D eigenvalue weighted by molar-refractivity contribution is 5.01. The van der Waals surface area contributed by atoms with Gasteiger partial charge in [0.15, 0.2) is 0 Å². The molecule has 1 atom stereocenters. The van der Waals surface area contributed by atoms with Gasteiger partial charge in [0.05, 0.1) is 0 Å². The molecule has 1 saturated heterocycles. The standard InChI is InChI=1S/C9H19N2O/c1-8(2)5-7(6-10)9(3,4)11(8)12/h7H,5-6,10H2,1-4H3. The van der Waals surface area contributed by atoms with Crippen LogP contribution in [0, 0.1) is 5.92 Å². The molecule has 0 bridgehead atoms. The zero-order valence-electron chi connectivity index (χ0n) is 8.42. The van der Waals surface area contributed by atoms with Gasteiger partial charge in [-0.25, -0.2) is 0 Å². The van der Waals surface area contributed by atoms with E-state index in [1.54, 1.807) is 0 Å². The minimum absolute atomic E-state index is 0.243. The summed E-state index contributed by atoms with van der Waals surface area (Å²) in [6, 6.07) is 0. The maximum absolute atomic E-state index is 11.8. The molecule has 12 heavy (non-hydrogen) atoms. The first-order valence-corrected chi connectivity index (χ1v) is 4.50. The van der Waals surface area contributed by atoms with Gasteiger partial charge in [-0.3, -0.25) is 0 Å². The summed E-state index contributed by atoms with van der Waals surface area (Å²) in [7, 11) is 0. The molecule has 0 aliphatic carbocycles. The van der Waals surface area contributed by atoms with Crippen molar-refractivity contribution in [1.82, 2.24) is 5.06 Å². The van der Waals surface area contributed by atoms with E-state index < -0.39 is 0 Å². The van der Waals surface area contributed by atoms with E-state index >= 15 is 0 Å². The van der Waals surface area contributed by atoms with Crippen LogP contribution in [-0.2, 0) is 5.21 Å². The summed E-state index contributed by atoms with van der Waals surface area (Å²) < 4.78 is 0. The summed E-state index contributed by atoms with van der Waals surface area (Å²) in [5, 5.41) is 13.0. The van der Waals surface area contributed by atoms with Crippen molar-refractivity contribution < 1.29 is 5.21 Å². The summed E-state index contributed by atoms with van der Waals surface area (Å²) in [6.07, 6.45) is 0.903. The van der Waals surface area contributed by atoms with Gasteiger partial charge < -0.3 is 5.73 Å². The van der Waals surface area contributed by atoms with Gasteiger partial charge >= 0.3 is 0 Å². The van der Waals surface area contributed by atoms with E-state index in [4.69, 9.17) is 5.73 Å². The maximum atomic E-state index is 11.8. The lowest BCUT2D eigenvalue weighted by Gasteiger charge is -2.33. The fourth-order valence-corrected chi connectivity index (χ4v) is 2.25. The van der Waals surface area contributed by atoms with Crippen LogP contribution in [0.15, 0.2) is 0 Å². The molecule has 1 rings (SSSR count). The van der Waals surface area contributed by atoms with Crippen molar-refractivity contribution >= 4 is 0 Å². The van der Waals surface area contributed by atoms with Gasteiger partial charge in [-0.1, -0.05) is 0 Å². The molecule has 0 aromatic heterocycles. The van der Waals surface area contributed by atoms with E-state index in [0.29, 0.717) is 12.5 Å². The van der Waals surface area contributed by atoms with Crippen molar-refractivity contribution in [2.45, 2.75) is 45.2 Å². The zero-order chi connectivity index (χ0) is 9.57. The van der Waals surface area contributed by atoms with Gasteiger partial charge in [-0.15, -0.1) is 10.3 Å². The van der Waals surface area contributed by atoms with Crippen molar-refractivity contribution in [2.75, 3.05) is 6.54 Å². The molecular weight excluding hydrogens is 152 g/mol. The quantitative estimate of drug-likeness (QED) is 0.644. The molecule has 1 heterocycles. The van der Waals surface area contributed by atoms with E-state index in [9.17, 15) is 5.21 Å². The Morgan fingerprint density at radius 1 is 1.42 bits per heavy atom. The number of nitrogens with two attached hydrogens (primary N) is 1. The Morgan fingerprint density at radius 2 is 1.92 bits per heavy atom. The fourth-order valence-electron chi connectivity index (χ4n) is 2.25. The summed E-state index contributed by atoms with van der Waals surface area (Å²) in [4.78, 5) is 0. The van der Waals surface area contributed by atoms with Crippen LogP contribution >= 0.6 is 0 Å². The van der Waals surface area contributed by atoms with E-state index in [-0.39, 0.29) is 11.1 Å². The molecule has 3 heteroatoms. The Kier molecular flexibility index (Phi) is 2.23. The van der Waals surface area contributed by atoms with Crippen molar-refractivity contribution in [2.24, 2.45) is 11.7 Å². The Bertz CT molecular complexity index is 177. The van der Waals surface area contributed by atoms with Gasteiger partial charge in [-0.05, 0) is 46.6 Å². The van der Waals surface area contributed by atoms with E-state index in [2.05, 4.69) is 0 Å². The first-order chi connectivity index (χ1) is 5.32. The molecule has 0 saturated carbocycles. The Labute approximate surface area is 74.5 Å². The van der Waals surface area contributed by atoms with Crippen molar-refractivity contribution in [1.29, 1.82) is 0 Å². The highest BCUT2D eigenvalue weighted by Gasteiger charge is 2.51. The molecule has 2 N–H and O–H groups in total. The molecule has 1 radical (unpaired) electrons. The van der Waals surface area contributed by atoms with Crippen LogP contribution in [0.5, 0.6) is 0 Å². The average molecular weight is 171 g/mol. The number of hydrogen-bond donors (Lipinski definition) is 1. The summed E-state index contributed by atoms with van der Waals surface area (Å²) in [6.45, 7) is 8.53. The van der Waals surface area contributed by atoms with Crippen LogP contribution in [0.25, 0.3) is 0 Å². The number of rotatable bonds is 1. The number of nitrogens with zero attached hydrogens (tertiary/aromatic N) is 1. The first kappa shape index (κ1) is 9.96. The molecule has 1 unspecified atom stereocenters. The third-order valence-electron chi connectivity index (χ3n) is 3.10. The van der Waals surface area contributed by atoms with Crippen LogP contribution in [-0.4, -0.2) is 22.7 Å². The first-order valence-electron chi connectivity index (χ1n) is 4.50. The van der Waals surface area contributed by atoms with Gasteiger partial charge in [0.1, 0.15) is 0 Å². The number of hydrogen-bond acceptors (Lipinski definition) is 2. The Balaban J connectivity index is 2.88. The molecule has 0 spiro atoms. The van der Waals surface area contributed by atoms with E-state index in [0.717, 1.165) is 6.42 Å². The largest absolute Gasteiger partial charge is 0.330 e. The summed E-state index contributed by atoms with van der Waals surface area (Å²) in [5.41, 5.74) is 5.09. The smallest absolute Gasteiger partial charge is 0.0484 e. The minimum Gasteiger partial charge on any atom is -0.330 e. The lowest BCUT2D eigenvalue weighted by Crippen LogP contribution is -2.47. The van der Waals surface area contributed by atoms with Gasteiger partial charge in [-0.2, -0.15) is 0 Å². The van der Waals surface area contributed by atoms with E-state index in [1.165, 1.54) is 5.06 Å². The second-order valence-corrected chi connectivity index (χ2v) is 4.90. The SMILES string of the molecule is CC1(C)CC(CN)C(C)(C)N1[O]. The average Bonchev–Trinajstić information content (AvgIpc) is 2.11. The normalized spacial score (nSPS) is 34.0. The lowest BCUT2D eigenvalue weighted by atomic mass is 9.87. The van der Waals surface area contributed by atoms with Crippen LogP contribution in [0.1, 0.15) is 34.1 Å². The molecule has 1 aliphatic rings. The molecule has 0 aromatic carbocycles. The van der Waals surface area contributed by atoms with Crippen LogP contribution < -0.4 is 5.73 Å². The summed E-state index contributed by atoms with van der Waals surface area (Å²) in [5.74, 6) is 0.324. The van der Waals surface area contributed by atoms with Crippen molar-refractivity contribution in [3.8, 4) is 0 Å². The molecule has 71 valence electrons. The fraction of sp³-hybridized carbons (Fsp3) is 1.00. The topological polar surface area (TPSA) is 49.2 Å². The lowest BCUT2D eigenvalue weighted by molar-refractivity contribution is -0.248. The van der Waals surface area contributed by atoms with Crippen LogP contribution in [0.2, 0.25) is 0 Å². The monoisotopic (exact) mass is 171 g/mol. The molecule has 3 nitrogen and oxygen atoms in total. The highest BCUT2D eigenvalue weighted by Crippen LogP contribution is 2.42. The number of hydroxylamine groups is 2. The third kappa shape index (κ3) is 1.26. The maximum Gasteiger partial charge on any atom is 0.0484 e. The predicted octanol–water partition coefficient (Wildman–Crippen LogP) is 1.17. The zero-order valence-corrected chi connectivity index (χ0v) is 8.42. The second kappa shape index (κ2) is 2.69. The molecule has 0 aromatic rings. The summed E-state index contributed by atoms with van der Waals surface area (Å²) >= 11 is 0. The predicted molar refractivity (Wildman–Crippen MR) is 47.8 cm³/mol. The third-order valence-corrected chi connectivity index (χ3v) is 3.10. The van der Waals surface area contributed by atoms with Crippen LogP contribution in [0.4, 0.5) is 0 Å². The molecule has 1 fully saturated rings. The van der Waals surface area contributed by atoms with Gasteiger partial charge in [0.2, 0.25) is 0 Å². The molecule has 1 aliphatic heterocycles. The molecule has 0 amide bonds. The Hall–Kier alpha value is -0.120. The van der Waals surface area contributed by atoms with Crippen molar-refractivity contribution in [3.63, 3.8) is 0 Å². The second-order valence-electron chi connectivity index (χ2n) is 4.90. The molecular formula is C9H19N2O. The van der Waals surface area contributed by atoms with Crippen LogP contribution in [0.3, 0.4) is 0 Å². The highest BCUT2D eigenvalue weighted by atomic mass is 16.5. The van der Waals surface area contributed by atoms with Crippen molar-refractivity contribution in [3.05, 3.63) is 0 Å². The van der Waals surface area contributed by atoms with E-state index in [1.807, 2.05) is 27.7 Å². The van der Waals surface area contributed by atoms with Gasteiger partial charge in [0, 0.05) is 11.1 Å².